The van der Waals surface area contributed by atoms with Crippen LogP contribution in [0.15, 0.2) is 35.5 Å². The number of fused-ring (bicyclic) bond motifs is 1. The molecule has 0 bridgehead atoms. The Morgan fingerprint density at radius 3 is 2.50 bits per heavy atom. The van der Waals surface area contributed by atoms with E-state index in [1.165, 1.54) is 12.1 Å². The molecular weight excluding hydrogens is 534 g/mol. The SMILES string of the molecule is Cc1c(Cl)c(C2=NCCN2)nn1CC(=O)N1CCCc2c1cnn2-c1ccc(F)cc1.O=C(O)C(F)(F)F. The van der Waals surface area contributed by atoms with E-state index in [2.05, 4.69) is 20.5 Å². The van der Waals surface area contributed by atoms with Crippen LogP contribution >= 0.6 is 11.6 Å². The number of alkyl halides is 3. The van der Waals surface area contributed by atoms with E-state index < -0.39 is 12.1 Å². The molecule has 2 N–H and O–H groups in total. The molecule has 4 heterocycles. The molecule has 2 aromatic heterocycles. The van der Waals surface area contributed by atoms with Gasteiger partial charge in [0.2, 0.25) is 5.91 Å². The summed E-state index contributed by atoms with van der Waals surface area (Å²) in [7, 11) is 0. The fourth-order valence-corrected chi connectivity index (χ4v) is 4.24. The number of nitrogens with zero attached hydrogens (tertiary/aromatic N) is 6. The highest BCUT2D eigenvalue weighted by Gasteiger charge is 2.38. The van der Waals surface area contributed by atoms with Crippen molar-refractivity contribution in [1.29, 1.82) is 0 Å². The lowest BCUT2D eigenvalue weighted by atomic mass is 10.1. The van der Waals surface area contributed by atoms with Gasteiger partial charge in [-0.2, -0.15) is 23.4 Å². The quantitative estimate of drug-likeness (QED) is 0.478. The van der Waals surface area contributed by atoms with Gasteiger partial charge in [-0.3, -0.25) is 14.5 Å². The standard InChI is InChI=1S/C21H21ClFN7O.C2HF3O2/c1-13-19(22)20(21-24-8-9-25-21)27-29(13)12-18(31)28-10-2-3-16-17(28)11-26-30(16)15-6-4-14(23)5-7-15;3-2(4,5)1(6)7/h4-7,11H,2-3,8-10,12H2,1H3,(H,24,25);(H,6,7). The Labute approximate surface area is 218 Å². The lowest BCUT2D eigenvalue weighted by molar-refractivity contribution is -0.192. The largest absolute Gasteiger partial charge is 0.490 e. The molecule has 10 nitrogen and oxygen atoms in total. The number of aliphatic imine (C=N–C) groups is 1. The van der Waals surface area contributed by atoms with E-state index in [1.54, 1.807) is 32.6 Å². The van der Waals surface area contributed by atoms with E-state index in [-0.39, 0.29) is 18.3 Å². The van der Waals surface area contributed by atoms with Gasteiger partial charge in [-0.25, -0.2) is 13.9 Å². The van der Waals surface area contributed by atoms with Crippen molar-refractivity contribution in [3.05, 3.63) is 58.4 Å². The van der Waals surface area contributed by atoms with E-state index in [0.717, 1.165) is 42.1 Å². The Kier molecular flexibility index (Phi) is 7.71. The smallest absolute Gasteiger partial charge is 0.475 e. The number of carbonyl (C=O) groups is 2. The molecule has 1 aromatic carbocycles. The number of amides is 1. The van der Waals surface area contributed by atoms with Gasteiger partial charge in [0.25, 0.3) is 0 Å². The number of carboxylic acid groups (broad SMARTS) is 1. The summed E-state index contributed by atoms with van der Waals surface area (Å²) < 4.78 is 48.4. The number of hydrogen-bond donors (Lipinski definition) is 2. The first-order valence-electron chi connectivity index (χ1n) is 11.4. The predicted molar refractivity (Wildman–Crippen MR) is 129 cm³/mol. The van der Waals surface area contributed by atoms with Gasteiger partial charge in [-0.1, -0.05) is 11.6 Å². The van der Waals surface area contributed by atoms with Crippen LogP contribution in [-0.4, -0.2) is 68.2 Å². The zero-order chi connectivity index (χ0) is 27.6. The second kappa shape index (κ2) is 10.8. The van der Waals surface area contributed by atoms with Gasteiger partial charge in [0.1, 0.15) is 18.1 Å². The van der Waals surface area contributed by atoms with E-state index in [0.29, 0.717) is 29.6 Å². The molecule has 15 heteroatoms. The van der Waals surface area contributed by atoms with E-state index >= 15 is 0 Å². The summed E-state index contributed by atoms with van der Waals surface area (Å²) in [5.74, 6) is -2.48. The summed E-state index contributed by atoms with van der Waals surface area (Å²) in [6.07, 6.45) is -1.78. The minimum Gasteiger partial charge on any atom is -0.475 e. The molecule has 202 valence electrons. The number of amidine groups is 1. The number of nitrogens with one attached hydrogen (secondary N) is 1. The average molecular weight is 556 g/mol. The first kappa shape index (κ1) is 27.1. The van der Waals surface area contributed by atoms with Gasteiger partial charge in [0.15, 0.2) is 5.84 Å². The third kappa shape index (κ3) is 5.64. The van der Waals surface area contributed by atoms with Crippen molar-refractivity contribution < 1.29 is 32.3 Å². The molecule has 0 spiro atoms. The maximum Gasteiger partial charge on any atom is 0.490 e. The number of hydrogen-bond acceptors (Lipinski definition) is 6. The highest BCUT2D eigenvalue weighted by atomic mass is 35.5. The highest BCUT2D eigenvalue weighted by molar-refractivity contribution is 6.34. The van der Waals surface area contributed by atoms with Crippen molar-refractivity contribution in [2.24, 2.45) is 4.99 Å². The van der Waals surface area contributed by atoms with Gasteiger partial charge >= 0.3 is 12.1 Å². The second-order valence-corrected chi connectivity index (χ2v) is 8.76. The molecule has 0 atom stereocenters. The zero-order valence-corrected chi connectivity index (χ0v) is 20.7. The monoisotopic (exact) mass is 555 g/mol. The molecule has 1 amide bonds. The molecule has 2 aliphatic heterocycles. The minimum absolute atomic E-state index is 0.0694. The zero-order valence-electron chi connectivity index (χ0n) is 20.0. The first-order valence-corrected chi connectivity index (χ1v) is 11.8. The van der Waals surface area contributed by atoms with Crippen molar-refractivity contribution in [2.75, 3.05) is 24.5 Å². The summed E-state index contributed by atoms with van der Waals surface area (Å²) in [5, 5.41) is 19.8. The van der Waals surface area contributed by atoms with Gasteiger partial charge in [0.05, 0.1) is 40.5 Å². The lowest BCUT2D eigenvalue weighted by Crippen LogP contribution is -2.38. The first-order chi connectivity index (χ1) is 18.0. The normalized spacial score (nSPS) is 14.8. The maximum atomic E-state index is 13.3. The third-order valence-corrected chi connectivity index (χ3v) is 6.32. The van der Waals surface area contributed by atoms with Crippen LogP contribution in [0.5, 0.6) is 0 Å². The number of carboxylic acids is 1. The van der Waals surface area contributed by atoms with Crippen molar-refractivity contribution in [3.63, 3.8) is 0 Å². The van der Waals surface area contributed by atoms with Crippen LogP contribution in [0.25, 0.3) is 5.69 Å². The van der Waals surface area contributed by atoms with Crippen LogP contribution in [-0.2, 0) is 22.6 Å². The minimum atomic E-state index is -5.08. The van der Waals surface area contributed by atoms with Crippen LogP contribution in [0.3, 0.4) is 0 Å². The van der Waals surface area contributed by atoms with Gasteiger partial charge in [-0.15, -0.1) is 0 Å². The molecule has 38 heavy (non-hydrogen) atoms. The molecule has 0 saturated carbocycles. The van der Waals surface area contributed by atoms with Gasteiger partial charge in [0, 0.05) is 13.1 Å². The average Bonchev–Trinajstić information content (AvgIpc) is 3.61. The second-order valence-electron chi connectivity index (χ2n) is 8.38. The molecule has 0 radical (unpaired) electrons. The fourth-order valence-electron chi connectivity index (χ4n) is 4.01. The molecule has 0 unspecified atom stereocenters. The third-order valence-electron chi connectivity index (χ3n) is 5.86. The van der Waals surface area contributed by atoms with Crippen LogP contribution in [0, 0.1) is 12.7 Å². The van der Waals surface area contributed by atoms with E-state index in [9.17, 15) is 22.4 Å². The Hall–Kier alpha value is -3.94. The van der Waals surface area contributed by atoms with E-state index in [1.807, 2.05) is 6.92 Å². The van der Waals surface area contributed by atoms with Gasteiger partial charge < -0.3 is 15.3 Å². The Morgan fingerprint density at radius 2 is 1.89 bits per heavy atom. The Morgan fingerprint density at radius 1 is 1.21 bits per heavy atom. The number of aliphatic carboxylic acids is 1. The predicted octanol–water partition coefficient (Wildman–Crippen LogP) is 3.13. The highest BCUT2D eigenvalue weighted by Crippen LogP contribution is 2.30. The topological polar surface area (TPSA) is 118 Å². The molecule has 0 aliphatic carbocycles. The van der Waals surface area contributed by atoms with Crippen molar-refractivity contribution in [3.8, 4) is 5.69 Å². The summed E-state index contributed by atoms with van der Waals surface area (Å²) in [4.78, 5) is 28.2. The Balaban J connectivity index is 0.000000426. The van der Waals surface area contributed by atoms with Crippen LogP contribution in [0.1, 0.15) is 23.5 Å². The van der Waals surface area contributed by atoms with Crippen LogP contribution < -0.4 is 10.2 Å². The van der Waals surface area contributed by atoms with Crippen molar-refractivity contribution >= 4 is 35.0 Å². The number of anilines is 1. The number of halogens is 5. The molecule has 3 aromatic rings. The van der Waals surface area contributed by atoms with E-state index in [4.69, 9.17) is 21.5 Å². The molecule has 0 fully saturated rings. The summed E-state index contributed by atoms with van der Waals surface area (Å²) in [6.45, 7) is 3.96. The number of benzene rings is 1. The van der Waals surface area contributed by atoms with Crippen molar-refractivity contribution in [2.45, 2.75) is 32.5 Å². The molecule has 2 aliphatic rings. The summed E-state index contributed by atoms with van der Waals surface area (Å²) >= 11 is 6.46. The fraction of sp³-hybridized carbons (Fsp3) is 0.348. The van der Waals surface area contributed by atoms with Gasteiger partial charge in [-0.05, 0) is 44.0 Å². The maximum absolute atomic E-state index is 13.3. The Bertz CT molecular complexity index is 1380. The summed E-state index contributed by atoms with van der Waals surface area (Å²) in [5.41, 5.74) is 3.78. The molecule has 0 saturated heterocycles. The van der Waals surface area contributed by atoms with Crippen LogP contribution in [0.4, 0.5) is 23.2 Å². The number of aromatic nitrogens is 4. The summed E-state index contributed by atoms with van der Waals surface area (Å²) in [6, 6.07) is 6.17. The number of carbonyl (C=O) groups excluding carboxylic acids is 1. The molecular formula is C23H22ClF4N7O3. The lowest BCUT2D eigenvalue weighted by Gasteiger charge is -2.27. The van der Waals surface area contributed by atoms with Crippen LogP contribution in [0.2, 0.25) is 5.02 Å². The van der Waals surface area contributed by atoms with Crippen molar-refractivity contribution in [1.82, 2.24) is 24.9 Å². The molecule has 5 rings (SSSR count). The number of rotatable bonds is 4.